The van der Waals surface area contributed by atoms with Gasteiger partial charge in [-0.3, -0.25) is 0 Å². The Morgan fingerprint density at radius 3 is 2.87 bits per heavy atom. The summed E-state index contributed by atoms with van der Waals surface area (Å²) in [5.41, 5.74) is 0.697. The van der Waals surface area contributed by atoms with Crippen LogP contribution in [-0.4, -0.2) is 29.3 Å². The summed E-state index contributed by atoms with van der Waals surface area (Å²) in [6.45, 7) is 4.60. The normalized spacial score (nSPS) is 11.5. The molecular weight excluding hydrogens is 192 g/mol. The largest absolute Gasteiger partial charge is 0.481 e. The van der Waals surface area contributed by atoms with Gasteiger partial charge < -0.3 is 15.2 Å². The molecule has 0 bridgehead atoms. The molecule has 1 rings (SSSR count). The zero-order valence-corrected chi connectivity index (χ0v) is 9.45. The molecule has 0 fully saturated rings. The van der Waals surface area contributed by atoms with Crippen LogP contribution in [0.3, 0.4) is 0 Å². The van der Waals surface area contributed by atoms with Gasteiger partial charge in [-0.25, -0.2) is 4.98 Å². The lowest BCUT2D eigenvalue weighted by atomic mass is 10.1. The number of nitrogens with zero attached hydrogens (tertiary/aromatic N) is 1. The summed E-state index contributed by atoms with van der Waals surface area (Å²) < 4.78 is 5.13. The number of pyridine rings is 1. The monoisotopic (exact) mass is 210 g/mol. The number of hydrogen-bond acceptors (Lipinski definition) is 4. The van der Waals surface area contributed by atoms with Crippen LogP contribution in [0, 0.1) is 0 Å². The van der Waals surface area contributed by atoms with Crippen LogP contribution in [0.4, 0.5) is 0 Å². The molecule has 0 aliphatic rings. The fourth-order valence-electron chi connectivity index (χ4n) is 1.13. The molecule has 1 heterocycles. The van der Waals surface area contributed by atoms with Crippen molar-refractivity contribution in [2.24, 2.45) is 0 Å². The third-order valence-electron chi connectivity index (χ3n) is 2.20. The van der Waals surface area contributed by atoms with E-state index in [2.05, 4.69) is 10.3 Å². The van der Waals surface area contributed by atoms with Crippen molar-refractivity contribution in [2.75, 3.05) is 13.7 Å². The van der Waals surface area contributed by atoms with Gasteiger partial charge in [-0.2, -0.15) is 0 Å². The van der Waals surface area contributed by atoms with Crippen molar-refractivity contribution >= 4 is 0 Å². The highest BCUT2D eigenvalue weighted by atomic mass is 16.5. The van der Waals surface area contributed by atoms with Gasteiger partial charge >= 0.3 is 0 Å². The van der Waals surface area contributed by atoms with Crippen LogP contribution in [0.25, 0.3) is 0 Å². The Labute approximate surface area is 90.3 Å². The van der Waals surface area contributed by atoms with E-state index in [0.29, 0.717) is 12.4 Å². The molecule has 15 heavy (non-hydrogen) atoms. The third-order valence-corrected chi connectivity index (χ3v) is 2.20. The van der Waals surface area contributed by atoms with Crippen molar-refractivity contribution in [2.45, 2.75) is 25.9 Å². The van der Waals surface area contributed by atoms with Gasteiger partial charge in [0.15, 0.2) is 0 Å². The first-order valence-corrected chi connectivity index (χ1v) is 4.93. The molecule has 0 saturated carbocycles. The average molecular weight is 210 g/mol. The van der Waals surface area contributed by atoms with E-state index in [9.17, 15) is 0 Å². The van der Waals surface area contributed by atoms with Crippen molar-refractivity contribution in [3.63, 3.8) is 0 Å². The van der Waals surface area contributed by atoms with E-state index >= 15 is 0 Å². The van der Waals surface area contributed by atoms with E-state index in [4.69, 9.17) is 9.84 Å². The van der Waals surface area contributed by atoms with Crippen LogP contribution in [0.15, 0.2) is 18.3 Å². The predicted octanol–water partition coefficient (Wildman–Crippen LogP) is 0.951. The van der Waals surface area contributed by atoms with Gasteiger partial charge in [-0.1, -0.05) is 6.07 Å². The Bertz CT molecular complexity index is 313. The van der Waals surface area contributed by atoms with E-state index < -0.39 is 0 Å². The summed E-state index contributed by atoms with van der Waals surface area (Å²) in [7, 11) is 1.60. The van der Waals surface area contributed by atoms with Crippen LogP contribution in [0.1, 0.15) is 19.4 Å². The average Bonchev–Trinajstić information content (AvgIpc) is 2.27. The van der Waals surface area contributed by atoms with Crippen molar-refractivity contribution in [1.29, 1.82) is 0 Å². The van der Waals surface area contributed by atoms with Crippen LogP contribution >= 0.6 is 0 Å². The minimum absolute atomic E-state index is 0.0928. The van der Waals surface area contributed by atoms with Gasteiger partial charge in [-0.15, -0.1) is 0 Å². The summed E-state index contributed by atoms with van der Waals surface area (Å²) >= 11 is 0. The highest BCUT2D eigenvalue weighted by Gasteiger charge is 2.15. The Hall–Kier alpha value is -1.13. The molecule has 1 aromatic rings. The molecule has 4 nitrogen and oxygen atoms in total. The maximum atomic E-state index is 9.09. The molecule has 4 heteroatoms. The molecule has 0 aromatic carbocycles. The second-order valence-corrected chi connectivity index (χ2v) is 4.07. The molecule has 0 amide bonds. The smallest absolute Gasteiger partial charge is 0.217 e. The SMILES string of the molecule is COc1ncccc1CNC(C)(C)CO. The molecule has 1 aromatic heterocycles. The predicted molar refractivity (Wildman–Crippen MR) is 58.8 cm³/mol. The molecule has 84 valence electrons. The van der Waals surface area contributed by atoms with E-state index in [0.717, 1.165) is 5.56 Å². The molecule has 0 unspecified atom stereocenters. The molecule has 0 saturated heterocycles. The number of aromatic nitrogens is 1. The summed E-state index contributed by atoms with van der Waals surface area (Å²) in [6, 6.07) is 3.82. The molecule has 0 atom stereocenters. The first kappa shape index (κ1) is 11.9. The van der Waals surface area contributed by atoms with Gasteiger partial charge in [0.2, 0.25) is 5.88 Å². The van der Waals surface area contributed by atoms with Crippen molar-refractivity contribution in [1.82, 2.24) is 10.3 Å². The molecule has 2 N–H and O–H groups in total. The lowest BCUT2D eigenvalue weighted by molar-refractivity contribution is 0.187. The Morgan fingerprint density at radius 2 is 2.27 bits per heavy atom. The quantitative estimate of drug-likeness (QED) is 0.759. The minimum Gasteiger partial charge on any atom is -0.481 e. The maximum Gasteiger partial charge on any atom is 0.217 e. The Morgan fingerprint density at radius 1 is 1.53 bits per heavy atom. The van der Waals surface area contributed by atoms with Crippen molar-refractivity contribution < 1.29 is 9.84 Å². The fourth-order valence-corrected chi connectivity index (χ4v) is 1.13. The highest BCUT2D eigenvalue weighted by molar-refractivity contribution is 5.25. The fraction of sp³-hybridized carbons (Fsp3) is 0.545. The minimum atomic E-state index is -0.291. The van der Waals surface area contributed by atoms with Gasteiger partial charge in [-0.05, 0) is 19.9 Å². The first-order valence-electron chi connectivity index (χ1n) is 4.93. The van der Waals surface area contributed by atoms with Gasteiger partial charge in [0, 0.05) is 23.8 Å². The third kappa shape index (κ3) is 3.49. The highest BCUT2D eigenvalue weighted by Crippen LogP contribution is 2.14. The van der Waals surface area contributed by atoms with Crippen LogP contribution in [0.5, 0.6) is 5.88 Å². The second-order valence-electron chi connectivity index (χ2n) is 4.07. The van der Waals surface area contributed by atoms with E-state index in [1.165, 1.54) is 0 Å². The summed E-state index contributed by atoms with van der Waals surface area (Å²) in [5.74, 6) is 0.624. The van der Waals surface area contributed by atoms with Gasteiger partial charge in [0.1, 0.15) is 0 Å². The summed E-state index contributed by atoms with van der Waals surface area (Å²) in [5, 5.41) is 12.3. The maximum absolute atomic E-state index is 9.09. The summed E-state index contributed by atoms with van der Waals surface area (Å²) in [6.07, 6.45) is 1.69. The topological polar surface area (TPSA) is 54.4 Å². The number of aliphatic hydroxyl groups is 1. The van der Waals surface area contributed by atoms with Crippen molar-refractivity contribution in [3.05, 3.63) is 23.9 Å². The first-order chi connectivity index (χ1) is 7.09. The van der Waals surface area contributed by atoms with E-state index in [1.807, 2.05) is 26.0 Å². The zero-order chi connectivity index (χ0) is 11.3. The van der Waals surface area contributed by atoms with Crippen molar-refractivity contribution in [3.8, 4) is 5.88 Å². The molecule has 0 aliphatic heterocycles. The number of rotatable bonds is 5. The number of hydrogen-bond donors (Lipinski definition) is 2. The number of ether oxygens (including phenoxy) is 1. The zero-order valence-electron chi connectivity index (χ0n) is 9.45. The van der Waals surface area contributed by atoms with E-state index in [1.54, 1.807) is 13.3 Å². The van der Waals surface area contributed by atoms with E-state index in [-0.39, 0.29) is 12.1 Å². The molecule has 0 spiro atoms. The number of methoxy groups -OCH3 is 1. The lowest BCUT2D eigenvalue weighted by Gasteiger charge is -2.23. The van der Waals surface area contributed by atoms with Gasteiger partial charge in [0.25, 0.3) is 0 Å². The standard InChI is InChI=1S/C11H18N2O2/c1-11(2,8-14)13-7-9-5-4-6-12-10(9)15-3/h4-6,13-14H,7-8H2,1-3H3. The second kappa shape index (κ2) is 5.09. The van der Waals surface area contributed by atoms with Crippen LogP contribution < -0.4 is 10.1 Å². The lowest BCUT2D eigenvalue weighted by Crippen LogP contribution is -2.42. The van der Waals surface area contributed by atoms with Crippen LogP contribution in [0.2, 0.25) is 0 Å². The molecule has 0 aliphatic carbocycles. The van der Waals surface area contributed by atoms with Gasteiger partial charge in [0.05, 0.1) is 13.7 Å². The Kier molecular flexibility index (Phi) is 4.05. The number of nitrogens with one attached hydrogen (secondary N) is 1. The molecular formula is C11H18N2O2. The summed E-state index contributed by atoms with van der Waals surface area (Å²) in [4.78, 5) is 4.10. The number of aliphatic hydroxyl groups excluding tert-OH is 1. The molecule has 0 radical (unpaired) electrons. The Balaban J connectivity index is 2.65. The van der Waals surface area contributed by atoms with Crippen LogP contribution in [-0.2, 0) is 6.54 Å².